The molecule has 0 N–H and O–H groups in total. The summed E-state index contributed by atoms with van der Waals surface area (Å²) in [6, 6.07) is 15.2. The van der Waals surface area contributed by atoms with Crippen LogP contribution in [0.25, 0.3) is 0 Å². The van der Waals surface area contributed by atoms with E-state index in [1.54, 1.807) is 6.07 Å². The van der Waals surface area contributed by atoms with Crippen LogP contribution in [0.1, 0.15) is 17.5 Å². The number of carbonyl (C=O) groups is 3. The van der Waals surface area contributed by atoms with E-state index in [9.17, 15) is 18.8 Å². The molecule has 2 aromatic carbocycles. The summed E-state index contributed by atoms with van der Waals surface area (Å²) in [5.74, 6) is -2.02. The van der Waals surface area contributed by atoms with Crippen molar-refractivity contribution in [1.82, 2.24) is 0 Å². The summed E-state index contributed by atoms with van der Waals surface area (Å²) < 4.78 is 29.7. The van der Waals surface area contributed by atoms with Crippen molar-refractivity contribution in [1.29, 1.82) is 0 Å². The Labute approximate surface area is 194 Å². The van der Waals surface area contributed by atoms with Crippen LogP contribution in [0.5, 0.6) is 0 Å². The number of carbonyl (C=O) groups excluding carboxylic acids is 3. The second-order valence-electron chi connectivity index (χ2n) is 7.12. The van der Waals surface area contributed by atoms with Crippen LogP contribution < -0.4 is 0 Å². The fraction of sp³-hybridized carbons (Fsp3) is 0.250. The number of nitrogens with zero attached hydrogens (tertiary/aromatic N) is 1. The third-order valence-corrected chi connectivity index (χ3v) is 5.90. The van der Waals surface area contributed by atoms with Crippen molar-refractivity contribution in [2.45, 2.75) is 25.0 Å². The lowest BCUT2D eigenvalue weighted by Gasteiger charge is -2.26. The number of hydrogen-bond acceptors (Lipinski definition) is 8. The molecular formula is C24H22FNO6S. The molecule has 0 bridgehead atoms. The number of ether oxygens (including phenoxy) is 3. The Morgan fingerprint density at radius 3 is 2.42 bits per heavy atom. The van der Waals surface area contributed by atoms with E-state index < -0.39 is 34.8 Å². The van der Waals surface area contributed by atoms with E-state index in [1.807, 2.05) is 30.3 Å². The van der Waals surface area contributed by atoms with Crippen LogP contribution in [0.2, 0.25) is 0 Å². The van der Waals surface area contributed by atoms with E-state index >= 15 is 0 Å². The van der Waals surface area contributed by atoms with Crippen LogP contribution in [-0.2, 0) is 41.6 Å². The molecule has 0 unspecified atom stereocenters. The minimum atomic E-state index is -1.75. The molecule has 0 aliphatic carbocycles. The van der Waals surface area contributed by atoms with Gasteiger partial charge in [0.05, 0.1) is 20.6 Å². The Morgan fingerprint density at radius 1 is 1.06 bits per heavy atom. The quantitative estimate of drug-likeness (QED) is 0.429. The summed E-state index contributed by atoms with van der Waals surface area (Å²) >= 11 is 0.736. The van der Waals surface area contributed by atoms with Gasteiger partial charge in [0.15, 0.2) is 5.54 Å². The Kier molecular flexibility index (Phi) is 8.00. The Bertz CT molecular complexity index is 1100. The highest BCUT2D eigenvalue weighted by atomic mass is 32.2. The van der Waals surface area contributed by atoms with Gasteiger partial charge in [0.25, 0.3) is 5.23 Å². The second kappa shape index (κ2) is 10.9. The number of aliphatic imine (C=N–C) groups is 1. The summed E-state index contributed by atoms with van der Waals surface area (Å²) in [4.78, 5) is 42.0. The van der Waals surface area contributed by atoms with Gasteiger partial charge in [-0.25, -0.2) is 14.2 Å². The lowest BCUT2D eigenvalue weighted by atomic mass is 9.82. The molecule has 33 heavy (non-hydrogen) atoms. The molecule has 9 heteroatoms. The van der Waals surface area contributed by atoms with Gasteiger partial charge in [0.1, 0.15) is 12.4 Å². The Morgan fingerprint density at radius 2 is 1.76 bits per heavy atom. The summed E-state index contributed by atoms with van der Waals surface area (Å²) in [5, 5.41) is -0.450. The molecule has 0 spiro atoms. The molecule has 7 nitrogen and oxygen atoms in total. The zero-order valence-corrected chi connectivity index (χ0v) is 18.9. The maximum absolute atomic E-state index is 14.5. The number of thioether (sulfide) groups is 1. The van der Waals surface area contributed by atoms with Gasteiger partial charge in [-0.3, -0.25) is 9.59 Å². The third kappa shape index (κ3) is 5.87. The molecule has 0 saturated heterocycles. The number of halogens is 1. The maximum Gasteiger partial charge on any atom is 0.330 e. The fourth-order valence-electron chi connectivity index (χ4n) is 3.26. The third-order valence-electron chi connectivity index (χ3n) is 5.00. The van der Waals surface area contributed by atoms with E-state index in [4.69, 9.17) is 14.2 Å². The minimum absolute atomic E-state index is 0.0280. The molecule has 0 amide bonds. The minimum Gasteiger partial charge on any atom is -0.469 e. The summed E-state index contributed by atoms with van der Waals surface area (Å²) in [6.07, 6.45) is 0.394. The van der Waals surface area contributed by atoms with Crippen molar-refractivity contribution < 1.29 is 33.0 Å². The van der Waals surface area contributed by atoms with Gasteiger partial charge in [-0.05, 0) is 22.8 Å². The van der Waals surface area contributed by atoms with Gasteiger partial charge in [0.2, 0.25) is 5.12 Å². The highest BCUT2D eigenvalue weighted by Gasteiger charge is 2.49. The molecule has 0 fully saturated rings. The monoisotopic (exact) mass is 471 g/mol. The van der Waals surface area contributed by atoms with E-state index in [-0.39, 0.29) is 29.4 Å². The first-order chi connectivity index (χ1) is 15.9. The summed E-state index contributed by atoms with van der Waals surface area (Å²) in [5.41, 5.74) is -0.665. The number of benzene rings is 2. The van der Waals surface area contributed by atoms with Gasteiger partial charge in [-0.15, -0.1) is 0 Å². The molecule has 1 atom stereocenters. The normalized spacial score (nSPS) is 18.0. The molecule has 0 saturated carbocycles. The lowest BCUT2D eigenvalue weighted by Crippen LogP contribution is -2.39. The van der Waals surface area contributed by atoms with Gasteiger partial charge in [-0.1, -0.05) is 48.5 Å². The van der Waals surface area contributed by atoms with Crippen LogP contribution >= 0.6 is 11.8 Å². The van der Waals surface area contributed by atoms with Crippen molar-refractivity contribution in [3.05, 3.63) is 83.2 Å². The predicted octanol–water partition coefficient (Wildman–Crippen LogP) is 3.62. The van der Waals surface area contributed by atoms with Crippen LogP contribution in [-0.4, -0.2) is 42.0 Å². The predicted molar refractivity (Wildman–Crippen MR) is 121 cm³/mol. The first-order valence-electron chi connectivity index (χ1n) is 9.96. The lowest BCUT2D eigenvalue weighted by molar-refractivity contribution is -0.139. The highest BCUT2D eigenvalue weighted by Crippen LogP contribution is 2.41. The molecule has 1 aliphatic rings. The van der Waals surface area contributed by atoms with Crippen molar-refractivity contribution in [3.63, 3.8) is 0 Å². The first-order valence-corrected chi connectivity index (χ1v) is 10.8. The molecule has 0 aromatic heterocycles. The SMILES string of the molecule is COC(=O)/C=C(\CC(=O)OC)[C@]1(Cc2ccccc2F)N=C(OCc2ccccc2)SC1=O. The number of methoxy groups -OCH3 is 2. The fourth-order valence-corrected chi connectivity index (χ4v) is 4.16. The second-order valence-corrected chi connectivity index (χ2v) is 8.04. The number of hydrogen-bond donors (Lipinski definition) is 0. The van der Waals surface area contributed by atoms with Gasteiger partial charge in [-0.2, -0.15) is 0 Å². The smallest absolute Gasteiger partial charge is 0.330 e. The van der Waals surface area contributed by atoms with E-state index in [2.05, 4.69) is 4.99 Å². The largest absolute Gasteiger partial charge is 0.469 e. The molecule has 2 aromatic rings. The molecular weight excluding hydrogens is 449 g/mol. The zero-order chi connectivity index (χ0) is 23.8. The number of rotatable bonds is 8. The first kappa shape index (κ1) is 24.2. The van der Waals surface area contributed by atoms with E-state index in [0.717, 1.165) is 23.4 Å². The molecule has 1 heterocycles. The van der Waals surface area contributed by atoms with Crippen molar-refractivity contribution in [2.75, 3.05) is 14.2 Å². The van der Waals surface area contributed by atoms with E-state index in [1.165, 1.54) is 32.4 Å². The van der Waals surface area contributed by atoms with Crippen LogP contribution in [0, 0.1) is 5.82 Å². The Balaban J connectivity index is 2.05. The van der Waals surface area contributed by atoms with E-state index in [0.29, 0.717) is 0 Å². The van der Waals surface area contributed by atoms with Crippen molar-refractivity contribution in [2.24, 2.45) is 4.99 Å². The van der Waals surface area contributed by atoms with Crippen LogP contribution in [0.3, 0.4) is 0 Å². The highest BCUT2D eigenvalue weighted by molar-refractivity contribution is 8.26. The van der Waals surface area contributed by atoms with Crippen molar-refractivity contribution >= 4 is 34.0 Å². The van der Waals surface area contributed by atoms with Crippen molar-refractivity contribution in [3.8, 4) is 0 Å². The standard InChI is InChI=1S/C24H22FNO6S/c1-30-20(27)12-18(13-21(28)31-2)24(14-17-10-6-7-11-19(17)25)22(29)33-23(26-24)32-15-16-8-4-3-5-9-16/h3-12H,13-15H2,1-2H3/b18-12+/t24-/m0/s1. The topological polar surface area (TPSA) is 91.3 Å². The zero-order valence-electron chi connectivity index (χ0n) is 18.1. The Hall–Kier alpha value is -3.46. The maximum atomic E-state index is 14.5. The average Bonchev–Trinajstić information content (AvgIpc) is 3.15. The van der Waals surface area contributed by atoms with Gasteiger partial charge >= 0.3 is 11.9 Å². The molecule has 0 radical (unpaired) electrons. The van der Waals surface area contributed by atoms with Crippen LogP contribution in [0.4, 0.5) is 4.39 Å². The van der Waals surface area contributed by atoms with Gasteiger partial charge < -0.3 is 14.2 Å². The number of esters is 2. The average molecular weight is 472 g/mol. The summed E-state index contributed by atoms with van der Waals surface area (Å²) in [6.45, 7) is 0.156. The van der Waals surface area contributed by atoms with Crippen LogP contribution in [0.15, 0.2) is 71.2 Å². The molecule has 3 rings (SSSR count). The summed E-state index contributed by atoms with van der Waals surface area (Å²) in [7, 11) is 2.35. The molecule has 172 valence electrons. The van der Waals surface area contributed by atoms with Gasteiger partial charge in [0, 0.05) is 24.3 Å². The molecule has 1 aliphatic heterocycles.